The van der Waals surface area contributed by atoms with Crippen LogP contribution in [0.1, 0.15) is 32.9 Å². The molecule has 5 rings (SSSR count). The summed E-state index contributed by atoms with van der Waals surface area (Å²) in [4.78, 5) is 30.5. The Bertz CT molecular complexity index is 1510. The van der Waals surface area contributed by atoms with Gasteiger partial charge in [0.15, 0.2) is 0 Å². The summed E-state index contributed by atoms with van der Waals surface area (Å²) in [6.07, 6.45) is 1.72. The number of anilines is 1. The largest absolute Gasteiger partial charge is 0.378 e. The average Bonchev–Trinajstić information content (AvgIpc) is 3.32. The zero-order valence-electron chi connectivity index (χ0n) is 19.9. The summed E-state index contributed by atoms with van der Waals surface area (Å²) in [5.74, 6) is -0.335. The summed E-state index contributed by atoms with van der Waals surface area (Å²) in [6, 6.07) is 11.8. The average molecular weight is 507 g/mol. The van der Waals surface area contributed by atoms with Gasteiger partial charge in [0.2, 0.25) is 10.0 Å². The highest BCUT2D eigenvalue weighted by Crippen LogP contribution is 2.37. The number of aromatic amines is 1. The van der Waals surface area contributed by atoms with Crippen molar-refractivity contribution in [3.63, 3.8) is 0 Å². The molecule has 0 spiro atoms. The number of fused-ring (bicyclic) bond motifs is 1. The van der Waals surface area contributed by atoms with Gasteiger partial charge in [-0.2, -0.15) is 0 Å². The molecule has 1 saturated heterocycles. The highest BCUT2D eigenvalue weighted by molar-refractivity contribution is 7.89. The number of H-pyrrole nitrogens is 1. The van der Waals surface area contributed by atoms with Crippen LogP contribution in [0.2, 0.25) is 0 Å². The molecular weight excluding hydrogens is 480 g/mol. The second-order valence-electron chi connectivity index (χ2n) is 8.91. The number of nitrogens with zero attached hydrogens (tertiary/aromatic N) is 1. The normalized spacial score (nSPS) is 16.8. The minimum atomic E-state index is -3.91. The monoisotopic (exact) mass is 506 g/mol. The molecule has 9 nitrogen and oxygen atoms in total. The van der Waals surface area contributed by atoms with E-state index in [1.807, 2.05) is 38.1 Å². The maximum absolute atomic E-state index is 12.8. The third-order valence-electron chi connectivity index (χ3n) is 6.59. The first kappa shape index (κ1) is 24.0. The number of hydrogen-bond donors (Lipinski definition) is 3. The third-order valence-corrected chi connectivity index (χ3v) is 7.50. The molecule has 2 aliphatic rings. The Morgan fingerprint density at radius 3 is 2.44 bits per heavy atom. The fourth-order valence-corrected chi connectivity index (χ4v) is 5.25. The summed E-state index contributed by atoms with van der Waals surface area (Å²) in [7, 11) is -3.91. The predicted octanol–water partition coefficient (Wildman–Crippen LogP) is 2.91. The van der Waals surface area contributed by atoms with Gasteiger partial charge in [0.1, 0.15) is 0 Å². The zero-order valence-corrected chi connectivity index (χ0v) is 20.7. The first-order valence-corrected chi connectivity index (χ1v) is 13.0. The van der Waals surface area contributed by atoms with Crippen LogP contribution < -0.4 is 10.5 Å². The van der Waals surface area contributed by atoms with E-state index in [9.17, 15) is 18.0 Å². The van der Waals surface area contributed by atoms with Gasteiger partial charge in [0, 0.05) is 46.9 Å². The predicted molar refractivity (Wildman–Crippen MR) is 137 cm³/mol. The van der Waals surface area contributed by atoms with Crippen molar-refractivity contribution in [3.05, 3.63) is 70.5 Å². The van der Waals surface area contributed by atoms with Crippen molar-refractivity contribution in [3.8, 4) is 11.1 Å². The Morgan fingerprint density at radius 2 is 1.78 bits per heavy atom. The fourth-order valence-electron chi connectivity index (χ4n) is 4.71. The van der Waals surface area contributed by atoms with Gasteiger partial charge < -0.3 is 19.9 Å². The molecule has 36 heavy (non-hydrogen) atoms. The molecule has 186 valence electrons. The number of carbonyl (C=O) groups excluding carboxylic acids is 2. The molecule has 1 aromatic heterocycles. The standard InChI is InChI=1S/C26H26N4O5S/c1-15-23(14-21-20-13-19(36(27,33)34)7-8-22(20)29-25(21)31)28-16(2)24(15)17-3-5-18(6-4-17)26(32)30-9-11-35-12-10-30/h3-8,13-14,28H,9-12H2,1-2H3,(H,29,31)(H2,27,33,34)/b21-14-. The van der Waals surface area contributed by atoms with Crippen LogP contribution in [0.3, 0.4) is 0 Å². The number of hydrogen-bond acceptors (Lipinski definition) is 5. The molecule has 0 atom stereocenters. The Hall–Kier alpha value is -3.73. The van der Waals surface area contributed by atoms with Crippen LogP contribution in [0.15, 0.2) is 47.4 Å². The topological polar surface area (TPSA) is 135 Å². The molecule has 0 aliphatic carbocycles. The van der Waals surface area contributed by atoms with E-state index < -0.39 is 10.0 Å². The molecule has 2 aliphatic heterocycles. The molecule has 0 saturated carbocycles. The number of aromatic nitrogens is 1. The third kappa shape index (κ3) is 4.34. The molecule has 0 unspecified atom stereocenters. The lowest BCUT2D eigenvalue weighted by molar-refractivity contribution is -0.110. The van der Waals surface area contributed by atoms with Crippen molar-refractivity contribution in [2.75, 3.05) is 31.6 Å². The van der Waals surface area contributed by atoms with E-state index in [2.05, 4.69) is 10.3 Å². The molecule has 3 aromatic rings. The van der Waals surface area contributed by atoms with E-state index in [0.29, 0.717) is 48.7 Å². The van der Waals surface area contributed by atoms with Gasteiger partial charge >= 0.3 is 0 Å². The van der Waals surface area contributed by atoms with E-state index in [1.165, 1.54) is 18.2 Å². The number of benzene rings is 2. The van der Waals surface area contributed by atoms with Crippen LogP contribution in [0.4, 0.5) is 5.69 Å². The van der Waals surface area contributed by atoms with Gasteiger partial charge in [-0.15, -0.1) is 0 Å². The fraction of sp³-hybridized carbons (Fsp3) is 0.231. The second kappa shape index (κ2) is 9.05. The summed E-state index contributed by atoms with van der Waals surface area (Å²) < 4.78 is 28.9. The van der Waals surface area contributed by atoms with E-state index >= 15 is 0 Å². The van der Waals surface area contributed by atoms with Gasteiger partial charge in [-0.3, -0.25) is 9.59 Å². The first-order chi connectivity index (χ1) is 17.1. The molecule has 2 aromatic carbocycles. The van der Waals surface area contributed by atoms with Crippen molar-refractivity contribution in [2.45, 2.75) is 18.7 Å². The molecule has 10 heteroatoms. The summed E-state index contributed by atoms with van der Waals surface area (Å²) in [5, 5.41) is 8.04. The number of nitrogens with two attached hydrogens (primary N) is 1. The molecule has 2 amide bonds. The molecule has 1 fully saturated rings. The Morgan fingerprint density at radius 1 is 1.08 bits per heavy atom. The van der Waals surface area contributed by atoms with Crippen molar-refractivity contribution >= 4 is 39.2 Å². The van der Waals surface area contributed by atoms with Gasteiger partial charge in [0.05, 0.1) is 23.7 Å². The van der Waals surface area contributed by atoms with Crippen LogP contribution in [-0.4, -0.2) is 56.4 Å². The lowest BCUT2D eigenvalue weighted by atomic mass is 9.98. The number of ether oxygens (including phenoxy) is 1. The van der Waals surface area contributed by atoms with E-state index in [0.717, 1.165) is 28.1 Å². The van der Waals surface area contributed by atoms with E-state index in [4.69, 9.17) is 9.88 Å². The number of primary sulfonamides is 1. The van der Waals surface area contributed by atoms with Crippen LogP contribution in [0.25, 0.3) is 22.8 Å². The number of carbonyl (C=O) groups is 2. The SMILES string of the molecule is Cc1[nH]c(/C=C2\C(=O)Nc3ccc(S(N)(=O)=O)cc32)c(C)c1-c1ccc(C(=O)N2CCOCC2)cc1. The summed E-state index contributed by atoms with van der Waals surface area (Å²) in [6.45, 7) is 6.17. The second-order valence-corrected chi connectivity index (χ2v) is 10.5. The quantitative estimate of drug-likeness (QED) is 0.468. The molecular formula is C26H26N4O5S. The van der Waals surface area contributed by atoms with E-state index in [-0.39, 0.29) is 16.7 Å². The van der Waals surface area contributed by atoms with Crippen molar-refractivity contribution < 1.29 is 22.7 Å². The molecule has 3 heterocycles. The van der Waals surface area contributed by atoms with Gasteiger partial charge in [0.25, 0.3) is 11.8 Å². The number of amides is 2. The van der Waals surface area contributed by atoms with Crippen LogP contribution in [0, 0.1) is 13.8 Å². The summed E-state index contributed by atoms with van der Waals surface area (Å²) in [5.41, 5.74) is 6.46. The maximum atomic E-state index is 12.8. The highest BCUT2D eigenvalue weighted by atomic mass is 32.2. The highest BCUT2D eigenvalue weighted by Gasteiger charge is 2.27. The minimum absolute atomic E-state index is 0.0115. The number of sulfonamides is 1. The van der Waals surface area contributed by atoms with E-state index in [1.54, 1.807) is 11.0 Å². The number of nitrogens with one attached hydrogen (secondary N) is 2. The lowest BCUT2D eigenvalue weighted by Crippen LogP contribution is -2.40. The van der Waals surface area contributed by atoms with Crippen LogP contribution in [-0.2, 0) is 19.6 Å². The smallest absolute Gasteiger partial charge is 0.256 e. The maximum Gasteiger partial charge on any atom is 0.256 e. The van der Waals surface area contributed by atoms with Crippen molar-refractivity contribution in [1.29, 1.82) is 0 Å². The minimum Gasteiger partial charge on any atom is -0.378 e. The molecule has 4 N–H and O–H groups in total. The Labute approximate surface area is 209 Å². The van der Waals surface area contributed by atoms with Gasteiger partial charge in [-0.25, -0.2) is 13.6 Å². The zero-order chi connectivity index (χ0) is 25.6. The molecule has 0 radical (unpaired) electrons. The first-order valence-electron chi connectivity index (χ1n) is 11.5. The number of aryl methyl sites for hydroxylation is 1. The van der Waals surface area contributed by atoms with Crippen LogP contribution in [0.5, 0.6) is 0 Å². The van der Waals surface area contributed by atoms with Gasteiger partial charge in [-0.05, 0) is 61.4 Å². The molecule has 0 bridgehead atoms. The number of rotatable bonds is 4. The Balaban J connectivity index is 1.47. The van der Waals surface area contributed by atoms with Gasteiger partial charge in [-0.1, -0.05) is 12.1 Å². The van der Waals surface area contributed by atoms with Crippen LogP contribution >= 0.6 is 0 Å². The van der Waals surface area contributed by atoms with Crippen molar-refractivity contribution in [1.82, 2.24) is 9.88 Å². The Kier molecular flexibility index (Phi) is 6.03. The number of morpholine rings is 1. The lowest BCUT2D eigenvalue weighted by Gasteiger charge is -2.26. The van der Waals surface area contributed by atoms with Crippen molar-refractivity contribution in [2.24, 2.45) is 5.14 Å². The summed E-state index contributed by atoms with van der Waals surface area (Å²) >= 11 is 0.